The van der Waals surface area contributed by atoms with Crippen molar-refractivity contribution in [2.75, 3.05) is 13.2 Å². The van der Waals surface area contributed by atoms with Gasteiger partial charge in [0.2, 0.25) is 0 Å². The van der Waals surface area contributed by atoms with Crippen LogP contribution < -0.4 is 0 Å². The molecule has 1 fully saturated rings. The first-order valence-electron chi connectivity index (χ1n) is 5.47. The zero-order valence-electron chi connectivity index (χ0n) is 9.28. The Morgan fingerprint density at radius 3 is 2.41 bits per heavy atom. The number of benzene rings is 1. The fraction of sp³-hybridized carbons (Fsp3) is 0.385. The molecule has 0 aliphatic carbocycles. The van der Waals surface area contributed by atoms with Crippen LogP contribution >= 0.6 is 15.9 Å². The van der Waals surface area contributed by atoms with Crippen molar-refractivity contribution in [3.63, 3.8) is 0 Å². The molecular weight excluding hydrogens is 282 g/mol. The van der Waals surface area contributed by atoms with Crippen molar-refractivity contribution in [2.45, 2.75) is 12.8 Å². The summed E-state index contributed by atoms with van der Waals surface area (Å²) in [6.07, 6.45) is 0.969. The number of ether oxygens (including phenoxy) is 1. The molecule has 0 amide bonds. The molecule has 1 aliphatic rings. The Hall–Kier alpha value is -1.18. The first kappa shape index (κ1) is 12.3. The minimum atomic E-state index is -0.897. The quantitative estimate of drug-likeness (QED) is 0.788. The molecule has 1 heterocycles. The third-order valence-electron chi connectivity index (χ3n) is 3.10. The Balaban J connectivity index is 2.29. The van der Waals surface area contributed by atoms with E-state index in [-0.39, 0.29) is 5.78 Å². The van der Waals surface area contributed by atoms with Gasteiger partial charge in [0.1, 0.15) is 5.41 Å². The van der Waals surface area contributed by atoms with Crippen molar-refractivity contribution in [3.05, 3.63) is 34.3 Å². The normalized spacial score (nSPS) is 18.4. The maximum atomic E-state index is 12.4. The second-order valence-electron chi connectivity index (χ2n) is 4.14. The third-order valence-corrected chi connectivity index (χ3v) is 3.63. The van der Waals surface area contributed by atoms with Crippen molar-refractivity contribution in [3.8, 4) is 6.07 Å². The second-order valence-corrected chi connectivity index (χ2v) is 5.06. The van der Waals surface area contributed by atoms with Gasteiger partial charge in [-0.2, -0.15) is 5.26 Å². The van der Waals surface area contributed by atoms with Gasteiger partial charge in [-0.25, -0.2) is 0 Å². The molecule has 0 aromatic heterocycles. The number of hydrogen-bond acceptors (Lipinski definition) is 3. The average molecular weight is 294 g/mol. The predicted octanol–water partition coefficient (Wildman–Crippen LogP) is 2.95. The van der Waals surface area contributed by atoms with E-state index in [4.69, 9.17) is 4.74 Å². The Morgan fingerprint density at radius 1 is 1.29 bits per heavy atom. The summed E-state index contributed by atoms with van der Waals surface area (Å²) in [5, 5.41) is 9.29. The van der Waals surface area contributed by atoms with Crippen LogP contribution in [-0.4, -0.2) is 19.0 Å². The van der Waals surface area contributed by atoms with Crippen LogP contribution in [0.5, 0.6) is 0 Å². The smallest absolute Gasteiger partial charge is 0.183 e. The minimum Gasteiger partial charge on any atom is -0.381 e. The van der Waals surface area contributed by atoms with Gasteiger partial charge in [-0.15, -0.1) is 0 Å². The molecule has 88 valence electrons. The number of ketones is 1. The molecular formula is C13H12BrNO2. The van der Waals surface area contributed by atoms with Crippen molar-refractivity contribution in [1.82, 2.24) is 0 Å². The fourth-order valence-corrected chi connectivity index (χ4v) is 2.25. The van der Waals surface area contributed by atoms with E-state index in [1.54, 1.807) is 12.1 Å². The van der Waals surface area contributed by atoms with Crippen LogP contribution in [0.1, 0.15) is 23.2 Å². The monoisotopic (exact) mass is 293 g/mol. The van der Waals surface area contributed by atoms with Crippen molar-refractivity contribution in [2.24, 2.45) is 5.41 Å². The summed E-state index contributed by atoms with van der Waals surface area (Å²) >= 11 is 3.32. The Kier molecular flexibility index (Phi) is 3.60. The molecule has 1 saturated heterocycles. The van der Waals surface area contributed by atoms with Crippen LogP contribution in [0, 0.1) is 16.7 Å². The topological polar surface area (TPSA) is 50.1 Å². The number of nitrogens with zero attached hydrogens (tertiary/aromatic N) is 1. The van der Waals surface area contributed by atoms with Crippen molar-refractivity contribution < 1.29 is 9.53 Å². The van der Waals surface area contributed by atoms with Gasteiger partial charge >= 0.3 is 0 Å². The summed E-state index contributed by atoms with van der Waals surface area (Å²) < 4.78 is 6.14. The van der Waals surface area contributed by atoms with Crippen LogP contribution in [-0.2, 0) is 4.74 Å². The van der Waals surface area contributed by atoms with E-state index in [0.717, 1.165) is 4.47 Å². The zero-order valence-corrected chi connectivity index (χ0v) is 10.9. The number of halogens is 1. The summed E-state index contributed by atoms with van der Waals surface area (Å²) in [6.45, 7) is 0.964. The summed E-state index contributed by atoms with van der Waals surface area (Å²) in [5.41, 5.74) is -0.303. The van der Waals surface area contributed by atoms with Gasteiger partial charge in [0.25, 0.3) is 0 Å². The first-order chi connectivity index (χ1) is 8.18. The number of Topliss-reactive ketones (excluding diaryl/α,β-unsaturated/α-hetero) is 1. The molecule has 0 unspecified atom stereocenters. The summed E-state index contributed by atoms with van der Waals surface area (Å²) in [7, 11) is 0. The molecule has 0 atom stereocenters. The maximum Gasteiger partial charge on any atom is 0.183 e. The van der Waals surface area contributed by atoms with Gasteiger partial charge in [-0.3, -0.25) is 4.79 Å². The largest absolute Gasteiger partial charge is 0.381 e. The van der Waals surface area contributed by atoms with Gasteiger partial charge in [0, 0.05) is 23.2 Å². The van der Waals surface area contributed by atoms with Gasteiger partial charge in [-0.05, 0) is 25.0 Å². The number of carbonyl (C=O) groups excluding carboxylic acids is 1. The van der Waals surface area contributed by atoms with E-state index >= 15 is 0 Å². The zero-order chi connectivity index (χ0) is 12.3. The lowest BCUT2D eigenvalue weighted by molar-refractivity contribution is 0.0355. The Bertz CT molecular complexity index is 455. The first-order valence-corrected chi connectivity index (χ1v) is 6.27. The van der Waals surface area contributed by atoms with Gasteiger partial charge in [0.15, 0.2) is 5.78 Å². The molecule has 0 bridgehead atoms. The molecule has 4 heteroatoms. The van der Waals surface area contributed by atoms with Crippen molar-refractivity contribution >= 4 is 21.7 Å². The third kappa shape index (κ3) is 2.41. The lowest BCUT2D eigenvalue weighted by Crippen LogP contribution is -2.36. The minimum absolute atomic E-state index is 0.0872. The summed E-state index contributed by atoms with van der Waals surface area (Å²) in [4.78, 5) is 12.4. The van der Waals surface area contributed by atoms with E-state index in [2.05, 4.69) is 22.0 Å². The molecule has 1 aromatic carbocycles. The molecule has 17 heavy (non-hydrogen) atoms. The maximum absolute atomic E-state index is 12.4. The molecule has 3 nitrogen and oxygen atoms in total. The molecule has 0 spiro atoms. The Morgan fingerprint density at radius 2 is 1.88 bits per heavy atom. The van der Waals surface area contributed by atoms with E-state index in [1.807, 2.05) is 12.1 Å². The Labute approximate surface area is 109 Å². The van der Waals surface area contributed by atoms with Gasteiger partial charge in [-0.1, -0.05) is 28.1 Å². The standard InChI is InChI=1S/C13H12BrNO2/c14-11-3-1-10(2-4-11)12(16)13(9-15)5-7-17-8-6-13/h1-4H,5-8H2. The van der Waals surface area contributed by atoms with Gasteiger partial charge < -0.3 is 4.74 Å². The number of nitriles is 1. The highest BCUT2D eigenvalue weighted by Crippen LogP contribution is 2.33. The van der Waals surface area contributed by atoms with E-state index in [0.29, 0.717) is 31.6 Å². The average Bonchev–Trinajstić information content (AvgIpc) is 2.39. The highest BCUT2D eigenvalue weighted by molar-refractivity contribution is 9.10. The predicted molar refractivity (Wildman–Crippen MR) is 66.6 cm³/mol. The van der Waals surface area contributed by atoms with Crippen LogP contribution in [0.4, 0.5) is 0 Å². The number of rotatable bonds is 2. The van der Waals surface area contributed by atoms with E-state index in [9.17, 15) is 10.1 Å². The lowest BCUT2D eigenvalue weighted by atomic mass is 9.75. The highest BCUT2D eigenvalue weighted by Gasteiger charge is 2.40. The van der Waals surface area contributed by atoms with E-state index < -0.39 is 5.41 Å². The molecule has 0 saturated carbocycles. The number of hydrogen-bond donors (Lipinski definition) is 0. The molecule has 1 aliphatic heterocycles. The highest BCUT2D eigenvalue weighted by atomic mass is 79.9. The molecule has 1 aromatic rings. The van der Waals surface area contributed by atoms with Crippen LogP contribution in [0.15, 0.2) is 28.7 Å². The van der Waals surface area contributed by atoms with Crippen LogP contribution in [0.2, 0.25) is 0 Å². The SMILES string of the molecule is N#CC1(C(=O)c2ccc(Br)cc2)CCOCC1. The van der Waals surface area contributed by atoms with Crippen LogP contribution in [0.3, 0.4) is 0 Å². The molecule has 0 radical (unpaired) electrons. The number of carbonyl (C=O) groups is 1. The van der Waals surface area contributed by atoms with E-state index in [1.165, 1.54) is 0 Å². The summed E-state index contributed by atoms with van der Waals surface area (Å²) in [5.74, 6) is -0.0872. The fourth-order valence-electron chi connectivity index (χ4n) is 1.99. The van der Waals surface area contributed by atoms with Crippen molar-refractivity contribution in [1.29, 1.82) is 5.26 Å². The molecule has 2 rings (SSSR count). The summed E-state index contributed by atoms with van der Waals surface area (Å²) in [6, 6.07) is 9.33. The lowest BCUT2D eigenvalue weighted by Gasteiger charge is -2.29. The second kappa shape index (κ2) is 4.99. The van der Waals surface area contributed by atoms with Crippen LogP contribution in [0.25, 0.3) is 0 Å². The molecule has 0 N–H and O–H groups in total. The van der Waals surface area contributed by atoms with Gasteiger partial charge in [0.05, 0.1) is 6.07 Å².